The quantitative estimate of drug-likeness (QED) is 0.902. The number of ether oxygens (including phenoxy) is 1. The molecule has 0 aliphatic carbocycles. The summed E-state index contributed by atoms with van der Waals surface area (Å²) in [6, 6.07) is 1.76. The number of nitrogen functional groups attached to an aromatic ring is 1. The van der Waals surface area contributed by atoms with E-state index in [1.165, 1.54) is 0 Å². The fraction of sp³-hybridized carbons (Fsp3) is 0.643. The van der Waals surface area contributed by atoms with Gasteiger partial charge in [0, 0.05) is 32.4 Å². The van der Waals surface area contributed by atoms with Gasteiger partial charge >= 0.3 is 0 Å². The molecule has 0 aromatic carbocycles. The highest BCUT2D eigenvalue weighted by molar-refractivity contribution is 5.94. The summed E-state index contributed by atoms with van der Waals surface area (Å²) >= 11 is 0. The largest absolute Gasteiger partial charge is 0.397 e. The zero-order chi connectivity index (χ0) is 13.8. The Morgan fingerprint density at radius 1 is 1.53 bits per heavy atom. The summed E-state index contributed by atoms with van der Waals surface area (Å²) in [7, 11) is 0. The van der Waals surface area contributed by atoms with Crippen molar-refractivity contribution < 1.29 is 9.53 Å². The normalized spacial score (nSPS) is 19.7. The van der Waals surface area contributed by atoms with Crippen LogP contribution in [0.15, 0.2) is 12.3 Å². The van der Waals surface area contributed by atoms with Crippen LogP contribution in [0.4, 0.5) is 5.69 Å². The first-order chi connectivity index (χ1) is 9.15. The van der Waals surface area contributed by atoms with Gasteiger partial charge in [-0.05, 0) is 32.8 Å². The van der Waals surface area contributed by atoms with Crippen molar-refractivity contribution in [3.8, 4) is 0 Å². The minimum Gasteiger partial charge on any atom is -0.397 e. The number of amides is 1. The van der Waals surface area contributed by atoms with Crippen molar-refractivity contribution in [2.24, 2.45) is 0 Å². The SMILES string of the molecule is CCOC1CCCN(C(=O)c2cc(N)cn2CC)C1. The van der Waals surface area contributed by atoms with Gasteiger partial charge in [0.15, 0.2) is 0 Å². The molecule has 1 fully saturated rings. The molecule has 0 radical (unpaired) electrons. The van der Waals surface area contributed by atoms with Gasteiger partial charge in [-0.25, -0.2) is 0 Å². The van der Waals surface area contributed by atoms with Crippen LogP contribution in [0.3, 0.4) is 0 Å². The van der Waals surface area contributed by atoms with Crippen LogP contribution in [0, 0.1) is 0 Å². The number of anilines is 1. The van der Waals surface area contributed by atoms with Crippen LogP contribution in [-0.2, 0) is 11.3 Å². The van der Waals surface area contributed by atoms with Crippen LogP contribution in [0.25, 0.3) is 0 Å². The second-order valence-corrected chi connectivity index (χ2v) is 4.92. The van der Waals surface area contributed by atoms with Crippen LogP contribution >= 0.6 is 0 Å². The van der Waals surface area contributed by atoms with Gasteiger partial charge in [0.2, 0.25) is 0 Å². The maximum Gasteiger partial charge on any atom is 0.270 e. The molecule has 0 saturated carbocycles. The van der Waals surface area contributed by atoms with E-state index in [9.17, 15) is 4.79 Å². The summed E-state index contributed by atoms with van der Waals surface area (Å²) in [6.45, 7) is 6.93. The minimum atomic E-state index is 0.0583. The lowest BCUT2D eigenvalue weighted by atomic mass is 10.1. The first-order valence-electron chi connectivity index (χ1n) is 7.02. The molecule has 19 heavy (non-hydrogen) atoms. The third-order valence-electron chi connectivity index (χ3n) is 3.55. The van der Waals surface area contributed by atoms with Crippen molar-refractivity contribution >= 4 is 11.6 Å². The molecule has 0 bridgehead atoms. The van der Waals surface area contributed by atoms with Crippen molar-refractivity contribution in [2.75, 3.05) is 25.4 Å². The molecular formula is C14H23N3O2. The molecule has 1 amide bonds. The summed E-state index contributed by atoms with van der Waals surface area (Å²) in [4.78, 5) is 14.4. The van der Waals surface area contributed by atoms with Crippen LogP contribution in [0.1, 0.15) is 37.2 Å². The van der Waals surface area contributed by atoms with Gasteiger partial charge in [0.25, 0.3) is 5.91 Å². The summed E-state index contributed by atoms with van der Waals surface area (Å²) in [5.74, 6) is 0.0583. The topological polar surface area (TPSA) is 60.5 Å². The summed E-state index contributed by atoms with van der Waals surface area (Å²) in [6.07, 6.45) is 4.02. The molecule has 1 aliphatic heterocycles. The van der Waals surface area contributed by atoms with E-state index in [-0.39, 0.29) is 12.0 Å². The molecule has 5 nitrogen and oxygen atoms in total. The van der Waals surface area contributed by atoms with Crippen LogP contribution in [-0.4, -0.2) is 41.2 Å². The van der Waals surface area contributed by atoms with E-state index >= 15 is 0 Å². The summed E-state index contributed by atoms with van der Waals surface area (Å²) < 4.78 is 7.54. The molecule has 1 aromatic rings. The lowest BCUT2D eigenvalue weighted by molar-refractivity contribution is 0.00687. The molecule has 1 saturated heterocycles. The third-order valence-corrected chi connectivity index (χ3v) is 3.55. The van der Waals surface area contributed by atoms with Gasteiger partial charge in [-0.3, -0.25) is 4.79 Å². The Morgan fingerprint density at radius 2 is 2.32 bits per heavy atom. The highest BCUT2D eigenvalue weighted by atomic mass is 16.5. The van der Waals surface area contributed by atoms with Crippen molar-refractivity contribution in [3.63, 3.8) is 0 Å². The highest BCUT2D eigenvalue weighted by Gasteiger charge is 2.26. The molecule has 1 aliphatic rings. The Morgan fingerprint density at radius 3 is 3.00 bits per heavy atom. The van der Waals surface area contributed by atoms with Gasteiger partial charge in [-0.2, -0.15) is 0 Å². The minimum absolute atomic E-state index is 0.0583. The number of hydrogen-bond donors (Lipinski definition) is 1. The molecule has 2 rings (SSSR count). The predicted molar refractivity (Wildman–Crippen MR) is 75.1 cm³/mol. The number of likely N-dealkylation sites (tertiary alicyclic amines) is 1. The van der Waals surface area contributed by atoms with Crippen molar-refractivity contribution in [3.05, 3.63) is 18.0 Å². The second-order valence-electron chi connectivity index (χ2n) is 4.92. The first-order valence-corrected chi connectivity index (χ1v) is 7.02. The Labute approximate surface area is 114 Å². The summed E-state index contributed by atoms with van der Waals surface area (Å²) in [5.41, 5.74) is 7.10. The number of piperidine rings is 1. The smallest absolute Gasteiger partial charge is 0.270 e. The average Bonchev–Trinajstić information content (AvgIpc) is 2.80. The number of hydrogen-bond acceptors (Lipinski definition) is 3. The lowest BCUT2D eigenvalue weighted by Gasteiger charge is -2.32. The second kappa shape index (κ2) is 6.10. The van der Waals surface area contributed by atoms with E-state index < -0.39 is 0 Å². The van der Waals surface area contributed by atoms with E-state index in [0.29, 0.717) is 24.5 Å². The molecule has 1 unspecified atom stereocenters. The number of aromatic nitrogens is 1. The Bertz CT molecular complexity index is 440. The van der Waals surface area contributed by atoms with Gasteiger partial charge in [0.05, 0.1) is 11.8 Å². The number of carbonyl (C=O) groups is 1. The van der Waals surface area contributed by atoms with Crippen molar-refractivity contribution in [1.82, 2.24) is 9.47 Å². The molecule has 5 heteroatoms. The van der Waals surface area contributed by atoms with Crippen molar-refractivity contribution in [2.45, 2.75) is 39.3 Å². The molecule has 106 valence electrons. The zero-order valence-corrected chi connectivity index (χ0v) is 11.8. The molecule has 1 atom stereocenters. The number of rotatable bonds is 4. The highest BCUT2D eigenvalue weighted by Crippen LogP contribution is 2.18. The van der Waals surface area contributed by atoms with Gasteiger partial charge in [-0.15, -0.1) is 0 Å². The van der Waals surface area contributed by atoms with Gasteiger partial charge in [-0.1, -0.05) is 0 Å². The number of nitrogens with zero attached hydrogens (tertiary/aromatic N) is 2. The zero-order valence-electron chi connectivity index (χ0n) is 11.8. The Balaban J connectivity index is 2.10. The van der Waals surface area contributed by atoms with E-state index in [4.69, 9.17) is 10.5 Å². The number of aryl methyl sites for hydroxylation is 1. The molecular weight excluding hydrogens is 242 g/mol. The fourth-order valence-electron chi connectivity index (χ4n) is 2.63. The lowest BCUT2D eigenvalue weighted by Crippen LogP contribution is -2.43. The Kier molecular flexibility index (Phi) is 4.47. The molecule has 2 N–H and O–H groups in total. The Hall–Kier alpha value is -1.49. The van der Waals surface area contributed by atoms with Crippen LogP contribution < -0.4 is 5.73 Å². The van der Waals surface area contributed by atoms with Gasteiger partial charge in [0.1, 0.15) is 5.69 Å². The van der Waals surface area contributed by atoms with Crippen molar-refractivity contribution in [1.29, 1.82) is 0 Å². The monoisotopic (exact) mass is 265 g/mol. The number of carbonyl (C=O) groups excluding carboxylic acids is 1. The standard InChI is InChI=1S/C14H23N3O2/c1-3-16-9-11(15)8-13(16)14(18)17-7-5-6-12(10-17)19-4-2/h8-9,12H,3-7,10,15H2,1-2H3. The van der Waals surface area contributed by atoms with Crippen LogP contribution in [0.2, 0.25) is 0 Å². The van der Waals surface area contributed by atoms with E-state index in [0.717, 1.165) is 25.9 Å². The molecule has 1 aromatic heterocycles. The molecule has 0 spiro atoms. The predicted octanol–water partition coefficient (Wildman–Crippen LogP) is 1.73. The van der Waals surface area contributed by atoms with E-state index in [2.05, 4.69) is 0 Å². The maximum absolute atomic E-state index is 12.5. The van der Waals surface area contributed by atoms with Gasteiger partial charge < -0.3 is 19.9 Å². The summed E-state index contributed by atoms with van der Waals surface area (Å²) in [5, 5.41) is 0. The third kappa shape index (κ3) is 3.10. The first kappa shape index (κ1) is 13.9. The maximum atomic E-state index is 12.5. The van der Waals surface area contributed by atoms with Crippen LogP contribution in [0.5, 0.6) is 0 Å². The fourth-order valence-corrected chi connectivity index (χ4v) is 2.63. The molecule has 2 heterocycles. The van der Waals surface area contributed by atoms with E-state index in [1.807, 2.05) is 29.5 Å². The number of nitrogens with two attached hydrogens (primary N) is 1. The van der Waals surface area contributed by atoms with E-state index in [1.54, 1.807) is 6.07 Å². The average molecular weight is 265 g/mol.